The molecule has 6 nitrogen and oxygen atoms in total. The zero-order valence-electron chi connectivity index (χ0n) is 13.8. The third-order valence-electron chi connectivity index (χ3n) is 4.24. The molecule has 3 aromatic rings. The van der Waals surface area contributed by atoms with Crippen molar-refractivity contribution < 1.29 is 22.3 Å². The van der Waals surface area contributed by atoms with Gasteiger partial charge in [0.25, 0.3) is 0 Å². The van der Waals surface area contributed by atoms with Crippen molar-refractivity contribution in [2.45, 2.75) is 11.3 Å². The lowest BCUT2D eigenvalue weighted by Gasteiger charge is -2.18. The number of sulfonamides is 1. The smallest absolute Gasteiger partial charge is 0.240 e. The van der Waals surface area contributed by atoms with Crippen molar-refractivity contribution in [3.63, 3.8) is 0 Å². The number of halogens is 1. The van der Waals surface area contributed by atoms with Gasteiger partial charge in [0, 0.05) is 29.7 Å². The molecule has 2 aromatic carbocycles. The fourth-order valence-electron chi connectivity index (χ4n) is 2.96. The van der Waals surface area contributed by atoms with E-state index in [0.29, 0.717) is 36.7 Å². The molecule has 0 bridgehead atoms. The maximum atomic E-state index is 13.2. The fourth-order valence-corrected chi connectivity index (χ4v) is 4.01. The van der Waals surface area contributed by atoms with Crippen LogP contribution < -0.4 is 14.2 Å². The van der Waals surface area contributed by atoms with Crippen LogP contribution in [0.2, 0.25) is 0 Å². The third kappa shape index (κ3) is 3.25. The molecular weight excluding hydrogens is 359 g/mol. The molecule has 26 heavy (non-hydrogen) atoms. The zero-order valence-corrected chi connectivity index (χ0v) is 14.6. The molecule has 0 atom stereocenters. The molecule has 1 aliphatic rings. The number of rotatable bonds is 5. The van der Waals surface area contributed by atoms with Gasteiger partial charge in [-0.25, -0.2) is 17.5 Å². The summed E-state index contributed by atoms with van der Waals surface area (Å²) in [4.78, 5) is 3.12. The van der Waals surface area contributed by atoms with E-state index >= 15 is 0 Å². The number of hydrogen-bond acceptors (Lipinski definition) is 4. The Morgan fingerprint density at radius 3 is 2.73 bits per heavy atom. The van der Waals surface area contributed by atoms with Crippen LogP contribution in [0.1, 0.15) is 5.56 Å². The highest BCUT2D eigenvalue weighted by Crippen LogP contribution is 2.32. The minimum atomic E-state index is -3.66. The Kier molecular flexibility index (Phi) is 4.29. The molecule has 1 aromatic heterocycles. The first-order valence-corrected chi connectivity index (χ1v) is 9.66. The van der Waals surface area contributed by atoms with Crippen molar-refractivity contribution in [2.75, 3.05) is 19.8 Å². The number of fused-ring (bicyclic) bond motifs is 2. The summed E-state index contributed by atoms with van der Waals surface area (Å²) in [6.45, 7) is 1.07. The van der Waals surface area contributed by atoms with Gasteiger partial charge < -0.3 is 14.5 Å². The van der Waals surface area contributed by atoms with E-state index in [-0.39, 0.29) is 17.3 Å². The van der Waals surface area contributed by atoms with Crippen molar-refractivity contribution in [3.05, 3.63) is 54.0 Å². The lowest BCUT2D eigenvalue weighted by Crippen LogP contribution is -2.26. The first-order valence-electron chi connectivity index (χ1n) is 8.18. The second-order valence-corrected chi connectivity index (χ2v) is 7.72. The summed E-state index contributed by atoms with van der Waals surface area (Å²) in [5.41, 5.74) is 1.61. The van der Waals surface area contributed by atoms with Gasteiger partial charge in [-0.1, -0.05) is 0 Å². The highest BCUT2D eigenvalue weighted by Gasteiger charge is 2.19. The molecule has 0 aliphatic carbocycles. The fraction of sp³-hybridized carbons (Fsp3) is 0.222. The van der Waals surface area contributed by atoms with Gasteiger partial charge in [-0.3, -0.25) is 0 Å². The van der Waals surface area contributed by atoms with Crippen LogP contribution in [0.5, 0.6) is 11.5 Å². The van der Waals surface area contributed by atoms with Gasteiger partial charge in [-0.15, -0.1) is 0 Å². The van der Waals surface area contributed by atoms with E-state index in [1.165, 1.54) is 24.3 Å². The standard InChI is InChI=1S/C18H17FN2O4S/c19-13-1-3-15-12(11-20-16(15)9-13)5-6-21-26(22,23)14-2-4-17-18(10-14)25-8-7-24-17/h1-4,9-11,20-21H,5-8H2. The number of aromatic amines is 1. The maximum absolute atomic E-state index is 13.2. The Morgan fingerprint density at radius 1 is 1.08 bits per heavy atom. The van der Waals surface area contributed by atoms with Crippen molar-refractivity contribution in [1.29, 1.82) is 0 Å². The predicted molar refractivity (Wildman–Crippen MR) is 94.6 cm³/mol. The van der Waals surface area contributed by atoms with Gasteiger partial charge in [0.1, 0.15) is 19.0 Å². The molecule has 136 valence electrons. The maximum Gasteiger partial charge on any atom is 0.240 e. The molecule has 0 amide bonds. The van der Waals surface area contributed by atoms with Crippen molar-refractivity contribution in [3.8, 4) is 11.5 Å². The van der Waals surface area contributed by atoms with E-state index in [2.05, 4.69) is 9.71 Å². The molecule has 0 saturated carbocycles. The topological polar surface area (TPSA) is 80.4 Å². The lowest BCUT2D eigenvalue weighted by molar-refractivity contribution is 0.171. The number of ether oxygens (including phenoxy) is 2. The summed E-state index contributed by atoms with van der Waals surface area (Å²) in [7, 11) is -3.66. The van der Waals surface area contributed by atoms with Gasteiger partial charge in [0.15, 0.2) is 11.5 Å². The Bertz CT molecular complexity index is 1060. The summed E-state index contributed by atoms with van der Waals surface area (Å²) < 4.78 is 51.6. The average Bonchev–Trinajstić information content (AvgIpc) is 3.03. The summed E-state index contributed by atoms with van der Waals surface area (Å²) in [5, 5.41) is 0.880. The molecule has 8 heteroatoms. The van der Waals surface area contributed by atoms with Crippen LogP contribution in [0.25, 0.3) is 10.9 Å². The third-order valence-corrected chi connectivity index (χ3v) is 5.70. The Morgan fingerprint density at radius 2 is 1.88 bits per heavy atom. The first-order chi connectivity index (χ1) is 12.5. The van der Waals surface area contributed by atoms with E-state index in [9.17, 15) is 12.8 Å². The van der Waals surface area contributed by atoms with E-state index in [0.717, 1.165) is 10.9 Å². The van der Waals surface area contributed by atoms with E-state index in [1.807, 2.05) is 0 Å². The van der Waals surface area contributed by atoms with Gasteiger partial charge >= 0.3 is 0 Å². The van der Waals surface area contributed by atoms with Gasteiger partial charge in [0.05, 0.1) is 4.90 Å². The summed E-state index contributed by atoms with van der Waals surface area (Å²) in [6.07, 6.45) is 2.25. The molecule has 1 aliphatic heterocycles. The summed E-state index contributed by atoms with van der Waals surface area (Å²) in [6, 6.07) is 9.04. The molecule has 0 saturated heterocycles. The Labute approximate surface area is 150 Å². The highest BCUT2D eigenvalue weighted by molar-refractivity contribution is 7.89. The monoisotopic (exact) mass is 376 g/mol. The van der Waals surface area contributed by atoms with Crippen molar-refractivity contribution >= 4 is 20.9 Å². The normalized spacial score (nSPS) is 13.9. The number of H-pyrrole nitrogens is 1. The number of hydrogen-bond donors (Lipinski definition) is 2. The van der Waals surface area contributed by atoms with Gasteiger partial charge in [0.2, 0.25) is 10.0 Å². The van der Waals surface area contributed by atoms with Crippen LogP contribution in [0, 0.1) is 5.82 Å². The van der Waals surface area contributed by atoms with Crippen molar-refractivity contribution in [2.24, 2.45) is 0 Å². The van der Waals surface area contributed by atoms with Gasteiger partial charge in [-0.05, 0) is 42.3 Å². The summed E-state index contributed by atoms with van der Waals surface area (Å²) >= 11 is 0. The zero-order chi connectivity index (χ0) is 18.1. The van der Waals surface area contributed by atoms with Gasteiger partial charge in [-0.2, -0.15) is 0 Å². The average molecular weight is 376 g/mol. The van der Waals surface area contributed by atoms with E-state index in [1.54, 1.807) is 18.3 Å². The number of nitrogens with one attached hydrogen (secondary N) is 2. The first kappa shape index (κ1) is 16.9. The molecule has 0 radical (unpaired) electrons. The van der Waals surface area contributed by atoms with E-state index in [4.69, 9.17) is 9.47 Å². The van der Waals surface area contributed by atoms with Crippen molar-refractivity contribution in [1.82, 2.24) is 9.71 Å². The lowest BCUT2D eigenvalue weighted by atomic mass is 10.1. The molecule has 0 unspecified atom stereocenters. The van der Waals surface area contributed by atoms with Crippen LogP contribution in [0.4, 0.5) is 4.39 Å². The van der Waals surface area contributed by atoms with Crippen LogP contribution in [0.3, 0.4) is 0 Å². The minimum Gasteiger partial charge on any atom is -0.486 e. The molecular formula is C18H17FN2O4S. The molecule has 0 fully saturated rings. The SMILES string of the molecule is O=S(=O)(NCCc1c[nH]c2cc(F)ccc12)c1ccc2c(c1)OCCO2. The molecule has 2 N–H and O–H groups in total. The molecule has 4 rings (SSSR count). The largest absolute Gasteiger partial charge is 0.486 e. The van der Waals surface area contributed by atoms with E-state index < -0.39 is 10.0 Å². The molecule has 0 spiro atoms. The van der Waals surface area contributed by atoms with Crippen LogP contribution >= 0.6 is 0 Å². The molecule has 2 heterocycles. The summed E-state index contributed by atoms with van der Waals surface area (Å²) in [5.74, 6) is 0.657. The number of aromatic nitrogens is 1. The van der Waals surface area contributed by atoms with Crippen LogP contribution in [-0.4, -0.2) is 33.2 Å². The second kappa shape index (κ2) is 6.62. The second-order valence-electron chi connectivity index (χ2n) is 5.96. The quantitative estimate of drug-likeness (QED) is 0.717. The minimum absolute atomic E-state index is 0.128. The van der Waals surface area contributed by atoms with Crippen LogP contribution in [0.15, 0.2) is 47.5 Å². The Hall–Kier alpha value is -2.58. The highest BCUT2D eigenvalue weighted by atomic mass is 32.2. The van der Waals surface area contributed by atoms with Crippen LogP contribution in [-0.2, 0) is 16.4 Å². The number of benzene rings is 2. The Balaban J connectivity index is 1.46. The predicted octanol–water partition coefficient (Wildman–Crippen LogP) is 2.60.